The van der Waals surface area contributed by atoms with Crippen molar-refractivity contribution < 1.29 is 31.1 Å². The smallest absolute Gasteiger partial charge is 0.433 e. The van der Waals surface area contributed by atoms with Crippen molar-refractivity contribution in [1.82, 2.24) is 0 Å². The van der Waals surface area contributed by atoms with Gasteiger partial charge in [0.15, 0.2) is 0 Å². The van der Waals surface area contributed by atoms with Crippen molar-refractivity contribution in [2.24, 2.45) is 4.99 Å². The van der Waals surface area contributed by atoms with Crippen molar-refractivity contribution in [3.63, 3.8) is 0 Å². The fraction of sp³-hybridized carbons (Fsp3) is 0.240. The van der Waals surface area contributed by atoms with Gasteiger partial charge >= 0.3 is 12.5 Å². The van der Waals surface area contributed by atoms with Gasteiger partial charge in [0.05, 0.1) is 11.6 Å². The molecule has 2 nitrogen and oxygen atoms in total. The van der Waals surface area contributed by atoms with Crippen molar-refractivity contribution in [3.8, 4) is 0 Å². The molecule has 172 valence electrons. The van der Waals surface area contributed by atoms with E-state index in [0.717, 1.165) is 11.1 Å². The SMILES string of the molecule is Fc1cccc(F)c1C1=NC(c2ccc(C3=CC=C(OC(F)(F)C(F)F)CC=C3)cc2)CC1. The highest BCUT2D eigenvalue weighted by atomic mass is 19.3. The van der Waals surface area contributed by atoms with Gasteiger partial charge in [0, 0.05) is 12.1 Å². The molecule has 4 rings (SSSR count). The summed E-state index contributed by atoms with van der Waals surface area (Å²) in [5.41, 5.74) is 2.64. The Morgan fingerprint density at radius 1 is 0.970 bits per heavy atom. The number of benzene rings is 2. The number of aliphatic imine (C=N–C) groups is 1. The Balaban J connectivity index is 1.50. The molecular formula is C25H19F6NO. The molecule has 1 aliphatic carbocycles. The first-order valence-electron chi connectivity index (χ1n) is 10.3. The summed E-state index contributed by atoms with van der Waals surface area (Å²) >= 11 is 0. The summed E-state index contributed by atoms with van der Waals surface area (Å²) in [4.78, 5) is 4.52. The molecule has 0 fully saturated rings. The molecule has 0 radical (unpaired) electrons. The van der Waals surface area contributed by atoms with Crippen LogP contribution in [0, 0.1) is 11.6 Å². The van der Waals surface area contributed by atoms with E-state index in [1.165, 1.54) is 30.4 Å². The van der Waals surface area contributed by atoms with E-state index < -0.39 is 24.2 Å². The molecule has 0 amide bonds. The maximum absolute atomic E-state index is 14.1. The molecule has 1 aliphatic heterocycles. The van der Waals surface area contributed by atoms with E-state index in [-0.39, 0.29) is 23.8 Å². The predicted molar refractivity (Wildman–Crippen MR) is 113 cm³/mol. The van der Waals surface area contributed by atoms with Crippen LogP contribution in [0.5, 0.6) is 0 Å². The average molecular weight is 463 g/mol. The van der Waals surface area contributed by atoms with Crippen molar-refractivity contribution in [2.45, 2.75) is 37.8 Å². The Morgan fingerprint density at radius 2 is 1.67 bits per heavy atom. The fourth-order valence-electron chi connectivity index (χ4n) is 3.79. The summed E-state index contributed by atoms with van der Waals surface area (Å²) in [5.74, 6) is -1.55. The lowest BCUT2D eigenvalue weighted by Gasteiger charge is -2.17. The summed E-state index contributed by atoms with van der Waals surface area (Å²) in [5, 5.41) is 0. The Hall–Kier alpha value is -3.29. The first-order chi connectivity index (χ1) is 15.7. The second kappa shape index (κ2) is 9.29. The van der Waals surface area contributed by atoms with Crippen molar-refractivity contribution >= 4 is 11.3 Å². The largest absolute Gasteiger partial charge is 0.460 e. The molecule has 2 aromatic carbocycles. The summed E-state index contributed by atoms with van der Waals surface area (Å²) in [7, 11) is 0. The van der Waals surface area contributed by atoms with Gasteiger partial charge in [-0.3, -0.25) is 4.99 Å². The Kier molecular flexibility index (Phi) is 6.44. The number of ether oxygens (including phenoxy) is 1. The Labute approximate surface area is 186 Å². The number of hydrogen-bond acceptors (Lipinski definition) is 2. The highest BCUT2D eigenvalue weighted by Gasteiger charge is 2.44. The number of allylic oxidation sites excluding steroid dienone is 5. The van der Waals surface area contributed by atoms with E-state index in [2.05, 4.69) is 9.73 Å². The molecule has 2 aromatic rings. The summed E-state index contributed by atoms with van der Waals surface area (Å²) in [6, 6.07) is 10.8. The molecule has 0 saturated heterocycles. The molecule has 0 bridgehead atoms. The van der Waals surface area contributed by atoms with Crippen molar-refractivity contribution in [2.75, 3.05) is 0 Å². The minimum Gasteiger partial charge on any atom is -0.433 e. The lowest BCUT2D eigenvalue weighted by atomic mass is 9.99. The Morgan fingerprint density at radius 3 is 2.33 bits per heavy atom. The lowest BCUT2D eigenvalue weighted by Crippen LogP contribution is -2.29. The van der Waals surface area contributed by atoms with Gasteiger partial charge in [-0.25, -0.2) is 8.78 Å². The van der Waals surface area contributed by atoms with Gasteiger partial charge in [-0.15, -0.1) is 0 Å². The minimum absolute atomic E-state index is 0.0490. The van der Waals surface area contributed by atoms with Gasteiger partial charge in [-0.05, 0) is 47.8 Å². The van der Waals surface area contributed by atoms with Crippen LogP contribution in [-0.4, -0.2) is 18.2 Å². The first-order valence-corrected chi connectivity index (χ1v) is 10.3. The van der Waals surface area contributed by atoms with Gasteiger partial charge in [0.2, 0.25) is 0 Å². The highest BCUT2D eigenvalue weighted by molar-refractivity contribution is 6.02. The third-order valence-corrected chi connectivity index (χ3v) is 5.43. The van der Waals surface area contributed by atoms with Crippen LogP contribution in [0.2, 0.25) is 0 Å². The first kappa shape index (κ1) is 22.9. The summed E-state index contributed by atoms with van der Waals surface area (Å²) < 4.78 is 83.3. The summed E-state index contributed by atoms with van der Waals surface area (Å²) in [6.45, 7) is 0. The van der Waals surface area contributed by atoms with Crippen LogP contribution in [0.1, 0.15) is 42.0 Å². The zero-order chi connectivity index (χ0) is 23.6. The number of hydrogen-bond donors (Lipinski definition) is 0. The van der Waals surface area contributed by atoms with Crippen LogP contribution in [0.15, 0.2) is 77.5 Å². The molecule has 0 saturated carbocycles. The van der Waals surface area contributed by atoms with E-state index in [1.807, 2.05) is 24.3 Å². The average Bonchev–Trinajstić information content (AvgIpc) is 3.14. The van der Waals surface area contributed by atoms with E-state index in [0.29, 0.717) is 24.1 Å². The maximum atomic E-state index is 14.1. The number of halogens is 6. The number of nitrogens with zero attached hydrogens (tertiary/aromatic N) is 1. The van der Waals surface area contributed by atoms with E-state index in [4.69, 9.17) is 0 Å². The quantitative estimate of drug-likeness (QED) is 0.410. The van der Waals surface area contributed by atoms with Crippen LogP contribution < -0.4 is 0 Å². The van der Waals surface area contributed by atoms with Gasteiger partial charge in [-0.2, -0.15) is 17.6 Å². The molecule has 2 aliphatic rings. The van der Waals surface area contributed by atoms with E-state index in [9.17, 15) is 26.3 Å². The van der Waals surface area contributed by atoms with Gasteiger partial charge in [-0.1, -0.05) is 48.6 Å². The van der Waals surface area contributed by atoms with Gasteiger partial charge < -0.3 is 4.74 Å². The molecule has 33 heavy (non-hydrogen) atoms. The predicted octanol–water partition coefficient (Wildman–Crippen LogP) is 7.39. The summed E-state index contributed by atoms with van der Waals surface area (Å²) in [6.07, 6.45) is -1.44. The van der Waals surface area contributed by atoms with Gasteiger partial charge in [0.25, 0.3) is 0 Å². The molecule has 0 spiro atoms. The highest BCUT2D eigenvalue weighted by Crippen LogP contribution is 2.34. The van der Waals surface area contributed by atoms with Crippen LogP contribution in [0.4, 0.5) is 26.3 Å². The van der Waals surface area contributed by atoms with Crippen LogP contribution in [0.3, 0.4) is 0 Å². The Bertz CT molecular complexity index is 1130. The number of alkyl halides is 4. The normalized spacial score (nSPS) is 18.6. The monoisotopic (exact) mass is 463 g/mol. The molecule has 0 N–H and O–H groups in total. The standard InChI is InChI=1S/C25H19F6NO/c26-19-5-2-6-20(27)23(19)22-14-13-21(32-22)17-9-7-16(8-10-17)15-3-1-4-18(12-11-15)33-25(30,31)24(28)29/h1-3,5-12,21,24H,4,13-14H2. The third kappa shape index (κ3) is 5.05. The van der Waals surface area contributed by atoms with Gasteiger partial charge in [0.1, 0.15) is 17.4 Å². The van der Waals surface area contributed by atoms with Crippen molar-refractivity contribution in [1.29, 1.82) is 0 Å². The zero-order valence-corrected chi connectivity index (χ0v) is 17.3. The van der Waals surface area contributed by atoms with E-state index in [1.54, 1.807) is 12.2 Å². The zero-order valence-electron chi connectivity index (χ0n) is 17.3. The molecule has 1 unspecified atom stereocenters. The van der Waals surface area contributed by atoms with Crippen LogP contribution in [0.25, 0.3) is 5.57 Å². The maximum Gasteiger partial charge on any atom is 0.460 e. The molecule has 0 aromatic heterocycles. The fourth-order valence-corrected chi connectivity index (χ4v) is 3.79. The number of rotatable bonds is 6. The lowest BCUT2D eigenvalue weighted by molar-refractivity contribution is -0.282. The van der Waals surface area contributed by atoms with E-state index >= 15 is 0 Å². The third-order valence-electron chi connectivity index (χ3n) is 5.43. The minimum atomic E-state index is -4.55. The second-order valence-corrected chi connectivity index (χ2v) is 7.67. The molecule has 1 heterocycles. The molecule has 8 heteroatoms. The van der Waals surface area contributed by atoms with Crippen molar-refractivity contribution in [3.05, 3.63) is 101 Å². The molecular weight excluding hydrogens is 444 g/mol. The van der Waals surface area contributed by atoms with Crippen LogP contribution in [-0.2, 0) is 4.74 Å². The second-order valence-electron chi connectivity index (χ2n) is 7.67. The topological polar surface area (TPSA) is 21.6 Å². The van der Waals surface area contributed by atoms with Crippen LogP contribution >= 0.6 is 0 Å². The molecule has 1 atom stereocenters.